The quantitative estimate of drug-likeness (QED) is 0.642. The van der Waals surface area contributed by atoms with E-state index in [2.05, 4.69) is 10.6 Å². The number of rotatable bonds is 5. The molecule has 1 saturated heterocycles. The summed E-state index contributed by atoms with van der Waals surface area (Å²) >= 11 is 0. The summed E-state index contributed by atoms with van der Waals surface area (Å²) in [6.45, 7) is 0.792. The Bertz CT molecular complexity index is 540. The third kappa shape index (κ3) is 4.19. The van der Waals surface area contributed by atoms with Gasteiger partial charge in [-0.05, 0) is 6.07 Å². The van der Waals surface area contributed by atoms with Crippen molar-refractivity contribution in [3.05, 3.63) is 29.8 Å². The second kappa shape index (κ2) is 7.24. The molecular weight excluding hydrogens is 288 g/mol. The fourth-order valence-corrected chi connectivity index (χ4v) is 2.17. The lowest BCUT2D eigenvalue weighted by Crippen LogP contribution is -2.47. The van der Waals surface area contributed by atoms with Crippen molar-refractivity contribution in [1.29, 1.82) is 0 Å². The van der Waals surface area contributed by atoms with E-state index in [4.69, 9.17) is 9.47 Å². The van der Waals surface area contributed by atoms with Gasteiger partial charge in [0.1, 0.15) is 11.4 Å². The molecular formula is C15H20N2O5. The fourth-order valence-electron chi connectivity index (χ4n) is 2.17. The van der Waals surface area contributed by atoms with Gasteiger partial charge in [0.2, 0.25) is 0 Å². The van der Waals surface area contributed by atoms with Gasteiger partial charge in [0.05, 0.1) is 13.7 Å². The number of nitrogens with one attached hydrogen (secondary N) is 2. The van der Waals surface area contributed by atoms with Crippen molar-refractivity contribution < 1.29 is 24.2 Å². The van der Waals surface area contributed by atoms with Crippen LogP contribution in [0, 0.1) is 0 Å². The summed E-state index contributed by atoms with van der Waals surface area (Å²) in [5.74, 6) is -0.899. The Balaban J connectivity index is 1.80. The lowest BCUT2D eigenvalue weighted by Gasteiger charge is -2.20. The van der Waals surface area contributed by atoms with Crippen LogP contribution in [-0.4, -0.2) is 49.4 Å². The molecule has 0 bridgehead atoms. The third-order valence-electron chi connectivity index (χ3n) is 3.50. The first-order valence-electron chi connectivity index (χ1n) is 7.02. The van der Waals surface area contributed by atoms with Crippen LogP contribution in [0.1, 0.15) is 12.0 Å². The molecule has 1 heterocycles. The Morgan fingerprint density at radius 3 is 2.73 bits per heavy atom. The summed E-state index contributed by atoms with van der Waals surface area (Å²) in [5.41, 5.74) is -0.313. The molecule has 1 aliphatic rings. The predicted octanol–water partition coefficient (Wildman–Crippen LogP) is -0.421. The number of amides is 2. The van der Waals surface area contributed by atoms with Crippen LogP contribution in [0.4, 0.5) is 0 Å². The largest absolute Gasteiger partial charge is 0.496 e. The minimum atomic E-state index is -1.08. The van der Waals surface area contributed by atoms with E-state index in [1.54, 1.807) is 12.1 Å². The molecule has 2 amide bonds. The Labute approximate surface area is 128 Å². The van der Waals surface area contributed by atoms with Gasteiger partial charge in [0.25, 0.3) is 0 Å². The van der Waals surface area contributed by atoms with Crippen molar-refractivity contribution in [2.45, 2.75) is 18.6 Å². The van der Waals surface area contributed by atoms with Gasteiger partial charge in [-0.1, -0.05) is 18.2 Å². The van der Waals surface area contributed by atoms with E-state index in [-0.39, 0.29) is 19.7 Å². The van der Waals surface area contributed by atoms with Crippen molar-refractivity contribution in [3.63, 3.8) is 0 Å². The van der Waals surface area contributed by atoms with Crippen LogP contribution in [0.3, 0.4) is 0 Å². The molecule has 1 fully saturated rings. The van der Waals surface area contributed by atoms with Gasteiger partial charge in [0.15, 0.2) is 0 Å². The van der Waals surface area contributed by atoms with Gasteiger partial charge in [-0.2, -0.15) is 0 Å². The van der Waals surface area contributed by atoms with E-state index in [0.717, 1.165) is 5.56 Å². The van der Waals surface area contributed by atoms with Crippen LogP contribution in [-0.2, 0) is 20.9 Å². The molecule has 1 unspecified atom stereocenters. The van der Waals surface area contributed by atoms with Crippen molar-refractivity contribution >= 4 is 11.8 Å². The normalized spacial score (nSPS) is 20.5. The lowest BCUT2D eigenvalue weighted by molar-refractivity contribution is -0.139. The summed E-state index contributed by atoms with van der Waals surface area (Å²) < 4.78 is 10.2. The number of aliphatic hydroxyl groups is 1. The van der Waals surface area contributed by atoms with Gasteiger partial charge in [-0.15, -0.1) is 0 Å². The Kier molecular flexibility index (Phi) is 5.35. The summed E-state index contributed by atoms with van der Waals surface area (Å²) in [6.07, 6.45) is 0.441. The Morgan fingerprint density at radius 2 is 2.05 bits per heavy atom. The number of carbonyl (C=O) groups is 2. The number of ether oxygens (including phenoxy) is 2. The van der Waals surface area contributed by atoms with E-state index in [1.807, 2.05) is 12.1 Å². The van der Waals surface area contributed by atoms with Crippen molar-refractivity contribution in [2.24, 2.45) is 0 Å². The Hall–Kier alpha value is -2.12. The molecule has 7 nitrogen and oxygen atoms in total. The highest BCUT2D eigenvalue weighted by atomic mass is 16.5. The maximum absolute atomic E-state index is 11.7. The standard InChI is InChI=1S/C15H20N2O5/c1-21-12-5-3-2-4-11(12)8-16-13(18)14(19)17-9-15(20)6-7-22-10-15/h2-5,20H,6-10H2,1H3,(H,16,18)(H,17,19). The second-order valence-corrected chi connectivity index (χ2v) is 5.20. The van der Waals surface area contributed by atoms with Crippen LogP contribution in [0.5, 0.6) is 5.75 Å². The molecule has 1 aliphatic heterocycles. The van der Waals surface area contributed by atoms with Gasteiger partial charge in [0, 0.05) is 31.7 Å². The van der Waals surface area contributed by atoms with Gasteiger partial charge >= 0.3 is 11.8 Å². The monoisotopic (exact) mass is 308 g/mol. The molecule has 0 saturated carbocycles. The number of hydrogen-bond acceptors (Lipinski definition) is 5. The number of methoxy groups -OCH3 is 1. The number of benzene rings is 1. The van der Waals surface area contributed by atoms with Crippen LogP contribution in [0.15, 0.2) is 24.3 Å². The number of carbonyl (C=O) groups excluding carboxylic acids is 2. The van der Waals surface area contributed by atoms with E-state index >= 15 is 0 Å². The second-order valence-electron chi connectivity index (χ2n) is 5.20. The molecule has 2 rings (SSSR count). The maximum Gasteiger partial charge on any atom is 0.309 e. The van der Waals surface area contributed by atoms with Crippen LogP contribution in [0.2, 0.25) is 0 Å². The molecule has 3 N–H and O–H groups in total. The highest BCUT2D eigenvalue weighted by Gasteiger charge is 2.33. The molecule has 22 heavy (non-hydrogen) atoms. The van der Waals surface area contributed by atoms with E-state index in [1.165, 1.54) is 7.11 Å². The summed E-state index contributed by atoms with van der Waals surface area (Å²) in [7, 11) is 1.54. The van der Waals surface area contributed by atoms with Gasteiger partial charge in [-0.3, -0.25) is 9.59 Å². The highest BCUT2D eigenvalue weighted by molar-refractivity contribution is 6.35. The first kappa shape index (κ1) is 16.3. The molecule has 1 aromatic rings. The van der Waals surface area contributed by atoms with E-state index in [0.29, 0.717) is 18.8 Å². The molecule has 120 valence electrons. The summed E-state index contributed by atoms with van der Waals surface area (Å²) in [4.78, 5) is 23.5. The topological polar surface area (TPSA) is 96.9 Å². The van der Waals surface area contributed by atoms with Gasteiger partial charge in [-0.25, -0.2) is 0 Å². The zero-order valence-corrected chi connectivity index (χ0v) is 12.4. The summed E-state index contributed by atoms with van der Waals surface area (Å²) in [5, 5.41) is 14.9. The Morgan fingerprint density at radius 1 is 1.32 bits per heavy atom. The molecule has 0 aromatic heterocycles. The molecule has 1 atom stereocenters. The first-order valence-corrected chi connectivity index (χ1v) is 7.02. The third-order valence-corrected chi connectivity index (χ3v) is 3.50. The fraction of sp³-hybridized carbons (Fsp3) is 0.467. The van der Waals surface area contributed by atoms with Crippen LogP contribution >= 0.6 is 0 Å². The van der Waals surface area contributed by atoms with E-state index < -0.39 is 17.4 Å². The SMILES string of the molecule is COc1ccccc1CNC(=O)C(=O)NCC1(O)CCOC1. The number of para-hydroxylation sites is 1. The first-order chi connectivity index (χ1) is 10.5. The number of hydrogen-bond donors (Lipinski definition) is 3. The minimum Gasteiger partial charge on any atom is -0.496 e. The molecule has 7 heteroatoms. The zero-order chi connectivity index (χ0) is 16.0. The summed E-state index contributed by atoms with van der Waals surface area (Å²) in [6, 6.07) is 7.22. The average molecular weight is 308 g/mol. The lowest BCUT2D eigenvalue weighted by atomic mass is 10.0. The highest BCUT2D eigenvalue weighted by Crippen LogP contribution is 2.17. The van der Waals surface area contributed by atoms with E-state index in [9.17, 15) is 14.7 Å². The molecule has 1 aromatic carbocycles. The predicted molar refractivity (Wildman–Crippen MR) is 78.2 cm³/mol. The van der Waals surface area contributed by atoms with Crippen molar-refractivity contribution in [2.75, 3.05) is 26.9 Å². The van der Waals surface area contributed by atoms with Crippen molar-refractivity contribution in [3.8, 4) is 5.75 Å². The maximum atomic E-state index is 11.7. The van der Waals surface area contributed by atoms with Gasteiger partial charge < -0.3 is 25.2 Å². The average Bonchev–Trinajstić information content (AvgIpc) is 2.97. The van der Waals surface area contributed by atoms with Crippen molar-refractivity contribution in [1.82, 2.24) is 10.6 Å². The minimum absolute atomic E-state index is 0.00604. The molecule has 0 radical (unpaired) electrons. The van der Waals surface area contributed by atoms with Crippen LogP contribution in [0.25, 0.3) is 0 Å². The van der Waals surface area contributed by atoms with Crippen LogP contribution < -0.4 is 15.4 Å². The smallest absolute Gasteiger partial charge is 0.309 e. The molecule has 0 spiro atoms. The zero-order valence-electron chi connectivity index (χ0n) is 12.4. The molecule has 0 aliphatic carbocycles.